The van der Waals surface area contributed by atoms with Crippen molar-refractivity contribution >= 4 is 50.3 Å². The predicted octanol–water partition coefficient (Wildman–Crippen LogP) is 6.12. The molecule has 0 bridgehead atoms. The van der Waals surface area contributed by atoms with E-state index in [1.54, 1.807) is 5.32 Å². The second-order valence-electron chi connectivity index (χ2n) is 6.11. The molecule has 1 amide bonds. The summed E-state index contributed by atoms with van der Waals surface area (Å²) in [5, 5.41) is 5.46. The minimum absolute atomic E-state index is 0.0320. The van der Waals surface area contributed by atoms with E-state index >= 15 is 0 Å². The summed E-state index contributed by atoms with van der Waals surface area (Å²) in [4.78, 5) is 19.9. The number of anilines is 1. The van der Waals surface area contributed by atoms with E-state index in [2.05, 4.69) is 23.2 Å². The monoisotopic (exact) mass is 528 g/mol. The molecule has 0 heterocycles. The van der Waals surface area contributed by atoms with Gasteiger partial charge in [0.25, 0.3) is 21.4 Å². The maximum absolute atomic E-state index is 14.7. The van der Waals surface area contributed by atoms with Crippen molar-refractivity contribution in [3.8, 4) is 0 Å². The van der Waals surface area contributed by atoms with Crippen molar-refractivity contribution in [1.82, 2.24) is 0 Å². The molecule has 32 heavy (non-hydrogen) atoms. The van der Waals surface area contributed by atoms with Crippen LogP contribution in [0.3, 0.4) is 0 Å². The molecule has 176 valence electrons. The molecule has 6 nitrogen and oxygen atoms in total. The van der Waals surface area contributed by atoms with Crippen LogP contribution in [-0.4, -0.2) is 30.8 Å². The summed E-state index contributed by atoms with van der Waals surface area (Å²) >= 11 is 8.60. The average Bonchev–Trinajstić information content (AvgIpc) is 2.66. The third-order valence-corrected chi connectivity index (χ3v) is 6.64. The highest BCUT2D eigenvalue weighted by Gasteiger charge is 2.82. The van der Waals surface area contributed by atoms with E-state index < -0.39 is 58.3 Å². The van der Waals surface area contributed by atoms with Gasteiger partial charge >= 0.3 is 15.8 Å². The molecule has 0 unspecified atom stereocenters. The largest absolute Gasteiger partial charge is 0.421 e. The Bertz CT molecular complexity index is 1150. The lowest BCUT2D eigenvalue weighted by molar-refractivity contribution is -0.384. The summed E-state index contributed by atoms with van der Waals surface area (Å²) in [5.74, 6) is -7.93. The van der Waals surface area contributed by atoms with Gasteiger partial charge in [-0.05, 0) is 18.2 Å². The van der Waals surface area contributed by atoms with E-state index in [4.69, 9.17) is 0 Å². The number of nitro groups is 1. The fourth-order valence-electron chi connectivity index (χ4n) is 2.34. The first-order valence-electron chi connectivity index (χ1n) is 7.90. The zero-order valence-corrected chi connectivity index (χ0v) is 17.3. The SMILES string of the molecule is O=C(Nc1ccccc1S(=O)(F)(F)C(F)(F)C(F)(F)C(F)(Cl)Cl)c1cccc([N+](=O)[O-])c1. The van der Waals surface area contributed by atoms with E-state index in [1.165, 1.54) is 0 Å². The number of carbonyl (C=O) groups excluding carboxylic acids is 1. The fourth-order valence-corrected chi connectivity index (χ4v) is 4.32. The number of amides is 1. The number of rotatable bonds is 7. The number of alkyl halides is 7. The minimum Gasteiger partial charge on any atom is -0.321 e. The van der Waals surface area contributed by atoms with Crippen LogP contribution >= 0.6 is 23.2 Å². The number of non-ortho nitro benzene ring substituents is 1. The molecule has 2 aromatic carbocycles. The van der Waals surface area contributed by atoms with Crippen molar-refractivity contribution in [2.45, 2.75) is 20.7 Å². The second-order valence-corrected chi connectivity index (χ2v) is 9.82. The Kier molecular flexibility index (Phi) is 6.33. The lowest BCUT2D eigenvalue weighted by Crippen LogP contribution is -2.60. The summed E-state index contributed by atoms with van der Waals surface area (Å²) in [6, 6.07) is 5.70. The molecule has 0 atom stereocenters. The maximum atomic E-state index is 14.7. The highest BCUT2D eigenvalue weighted by Crippen LogP contribution is 2.63. The summed E-state index contributed by atoms with van der Waals surface area (Å²) in [6.07, 6.45) is 0. The summed E-state index contributed by atoms with van der Waals surface area (Å²) in [5.41, 5.74) is -2.44. The molecule has 0 saturated carbocycles. The van der Waals surface area contributed by atoms with Crippen LogP contribution in [0.5, 0.6) is 0 Å². The molecule has 0 aliphatic carbocycles. The Labute approximate surface area is 184 Å². The standard InChI is InChI=1S/C16H9Cl2F7N2O4S/c17-15(18,21)14(19,20)16(22,23)32(24,25,31)12-7-2-1-6-11(12)26-13(28)9-4-3-5-10(8-9)27(29)30/h1-8H,(H,26,28). The number of nitrogens with one attached hydrogen (secondary N) is 1. The number of carbonyl (C=O) groups is 1. The third-order valence-electron chi connectivity index (χ3n) is 3.97. The van der Waals surface area contributed by atoms with Crippen LogP contribution in [0.25, 0.3) is 0 Å². The van der Waals surface area contributed by atoms with Crippen LogP contribution in [0.15, 0.2) is 53.4 Å². The summed E-state index contributed by atoms with van der Waals surface area (Å²) in [7, 11) is -9.05. The molecule has 0 radical (unpaired) electrons. The van der Waals surface area contributed by atoms with Crippen molar-refractivity contribution in [3.05, 3.63) is 64.2 Å². The smallest absolute Gasteiger partial charge is 0.321 e. The summed E-state index contributed by atoms with van der Waals surface area (Å²) < 4.78 is 105. The number of benzene rings is 2. The van der Waals surface area contributed by atoms with Crippen molar-refractivity contribution in [2.24, 2.45) is 0 Å². The van der Waals surface area contributed by atoms with E-state index in [1.807, 2.05) is 0 Å². The molecular formula is C16H9Cl2F7N2O4S. The Balaban J connectivity index is 2.60. The molecule has 1 N–H and O–H groups in total. The van der Waals surface area contributed by atoms with E-state index in [0.29, 0.717) is 18.2 Å². The highest BCUT2D eigenvalue weighted by molar-refractivity contribution is 8.12. The molecule has 16 heteroatoms. The molecule has 2 aromatic rings. The van der Waals surface area contributed by atoms with E-state index in [-0.39, 0.29) is 6.07 Å². The van der Waals surface area contributed by atoms with Gasteiger partial charge < -0.3 is 5.32 Å². The van der Waals surface area contributed by atoms with E-state index in [0.717, 1.165) is 24.3 Å². The zero-order valence-electron chi connectivity index (χ0n) is 15.0. The molecule has 0 fully saturated rings. The van der Waals surface area contributed by atoms with Crippen LogP contribution in [0.1, 0.15) is 10.4 Å². The number of nitro benzene ring substituents is 1. The Morgan fingerprint density at radius 1 is 1.00 bits per heavy atom. The van der Waals surface area contributed by atoms with Crippen LogP contribution < -0.4 is 5.32 Å². The number of halogens is 9. The number of hydrogen-bond acceptors (Lipinski definition) is 4. The number of para-hydroxylation sites is 1. The molecule has 0 aliphatic rings. The van der Waals surface area contributed by atoms with Crippen molar-refractivity contribution in [3.63, 3.8) is 0 Å². The van der Waals surface area contributed by atoms with Gasteiger partial charge in [0.15, 0.2) is 0 Å². The van der Waals surface area contributed by atoms with Crippen LogP contribution in [0, 0.1) is 10.1 Å². The van der Waals surface area contributed by atoms with Crippen LogP contribution in [0.4, 0.5) is 41.1 Å². The molecule has 0 spiro atoms. The third kappa shape index (κ3) is 4.13. The minimum atomic E-state index is -9.05. The number of hydrogen-bond donors (Lipinski definition) is 1. The first-order chi connectivity index (χ1) is 14.3. The first kappa shape index (κ1) is 25.8. The van der Waals surface area contributed by atoms with Gasteiger partial charge in [-0.1, -0.05) is 41.4 Å². The Morgan fingerprint density at radius 2 is 1.56 bits per heavy atom. The molecule has 0 saturated heterocycles. The van der Waals surface area contributed by atoms with Gasteiger partial charge in [0.1, 0.15) is 4.90 Å². The van der Waals surface area contributed by atoms with E-state index in [9.17, 15) is 48.8 Å². The Morgan fingerprint density at radius 3 is 2.09 bits per heavy atom. The quantitative estimate of drug-likeness (QED) is 0.154. The lowest BCUT2D eigenvalue weighted by atomic mass is 10.2. The van der Waals surface area contributed by atoms with Gasteiger partial charge in [0, 0.05) is 17.7 Å². The first-order valence-corrected chi connectivity index (χ1v) is 10.4. The van der Waals surface area contributed by atoms with Crippen molar-refractivity contribution in [2.75, 3.05) is 5.32 Å². The van der Waals surface area contributed by atoms with Gasteiger partial charge in [0.2, 0.25) is 0 Å². The predicted molar refractivity (Wildman–Crippen MR) is 102 cm³/mol. The van der Waals surface area contributed by atoms with Crippen LogP contribution in [0.2, 0.25) is 0 Å². The highest BCUT2D eigenvalue weighted by atomic mass is 35.5. The Hall–Kier alpha value is -2.45. The zero-order chi connectivity index (χ0) is 24.8. The average molecular weight is 529 g/mol. The van der Waals surface area contributed by atoms with Crippen molar-refractivity contribution in [1.29, 1.82) is 0 Å². The van der Waals surface area contributed by atoms with Crippen LogP contribution in [-0.2, 0) is 9.84 Å². The maximum Gasteiger partial charge on any atom is 0.421 e. The molecule has 0 aromatic heterocycles. The van der Waals surface area contributed by atoms with Crippen molar-refractivity contribution < 1.29 is 43.7 Å². The molecule has 0 aliphatic heterocycles. The topological polar surface area (TPSA) is 89.3 Å². The molecular weight excluding hydrogens is 520 g/mol. The normalized spacial score (nSPS) is 14.3. The van der Waals surface area contributed by atoms with Gasteiger partial charge in [-0.3, -0.25) is 14.9 Å². The molecule has 2 rings (SSSR count). The lowest BCUT2D eigenvalue weighted by Gasteiger charge is -2.39. The fraction of sp³-hybridized carbons (Fsp3) is 0.188. The van der Waals surface area contributed by atoms with Gasteiger partial charge in [-0.15, -0.1) is 7.77 Å². The van der Waals surface area contributed by atoms with Gasteiger partial charge in [-0.25, -0.2) is 8.60 Å². The number of nitrogens with zero attached hydrogens (tertiary/aromatic N) is 1. The second kappa shape index (κ2) is 7.85. The van der Waals surface area contributed by atoms with Gasteiger partial charge in [0.05, 0.1) is 10.6 Å². The van der Waals surface area contributed by atoms with Gasteiger partial charge in [-0.2, -0.15) is 17.6 Å². The summed E-state index contributed by atoms with van der Waals surface area (Å²) in [6.45, 7) is 0.